The Labute approximate surface area is 202 Å². The molecule has 34 heavy (non-hydrogen) atoms. The molecular formula is C25H27N3O5S. The van der Waals surface area contributed by atoms with Gasteiger partial charge in [0.25, 0.3) is 0 Å². The van der Waals surface area contributed by atoms with Crippen LogP contribution in [-0.4, -0.2) is 58.8 Å². The van der Waals surface area contributed by atoms with E-state index >= 15 is 0 Å². The van der Waals surface area contributed by atoms with E-state index in [4.69, 9.17) is 9.47 Å². The fourth-order valence-corrected chi connectivity index (χ4v) is 4.48. The molecule has 0 saturated carbocycles. The van der Waals surface area contributed by atoms with Crippen LogP contribution in [0.3, 0.4) is 0 Å². The van der Waals surface area contributed by atoms with Crippen LogP contribution in [0, 0.1) is 0 Å². The Hall–Kier alpha value is -3.59. The molecule has 0 unspecified atom stereocenters. The van der Waals surface area contributed by atoms with Crippen LogP contribution in [0.1, 0.15) is 30.4 Å². The third-order valence-corrected chi connectivity index (χ3v) is 6.22. The fraction of sp³-hybridized carbons (Fsp3) is 0.320. The van der Waals surface area contributed by atoms with Crippen LogP contribution >= 0.6 is 11.3 Å². The summed E-state index contributed by atoms with van der Waals surface area (Å²) in [5, 5.41) is 10.4. The number of carbonyl (C=O) groups excluding carboxylic acids is 1. The smallest absolute Gasteiger partial charge is 0.410 e. The zero-order chi connectivity index (χ0) is 24.3. The largest absolute Gasteiger partial charge is 0.477 e. The second kappa shape index (κ2) is 9.72. The Kier molecular flexibility index (Phi) is 6.74. The molecule has 1 N–H and O–H groups in total. The number of aromatic carboxylic acids is 1. The van der Waals surface area contributed by atoms with Crippen molar-refractivity contribution in [3.63, 3.8) is 0 Å². The molecule has 1 amide bonds. The second-order valence-electron chi connectivity index (χ2n) is 8.87. The predicted molar refractivity (Wildman–Crippen MR) is 131 cm³/mol. The highest BCUT2D eigenvalue weighted by molar-refractivity contribution is 7.17. The number of ether oxygens (including phenoxy) is 2. The van der Waals surface area contributed by atoms with Gasteiger partial charge in [-0.05, 0) is 57.2 Å². The van der Waals surface area contributed by atoms with E-state index in [1.807, 2.05) is 68.1 Å². The number of hydrogen-bond acceptors (Lipinski definition) is 7. The molecule has 1 aliphatic rings. The van der Waals surface area contributed by atoms with Gasteiger partial charge in [-0.2, -0.15) is 0 Å². The number of nitrogens with zero attached hydrogens (tertiary/aromatic N) is 3. The van der Waals surface area contributed by atoms with Crippen molar-refractivity contribution in [1.82, 2.24) is 9.88 Å². The van der Waals surface area contributed by atoms with Gasteiger partial charge in [-0.25, -0.2) is 14.6 Å². The molecule has 0 spiro atoms. The molecule has 2 aromatic carbocycles. The van der Waals surface area contributed by atoms with Crippen molar-refractivity contribution in [2.24, 2.45) is 0 Å². The number of aromatic nitrogens is 1. The van der Waals surface area contributed by atoms with Crippen LogP contribution in [-0.2, 0) is 4.74 Å². The van der Waals surface area contributed by atoms with Crippen LogP contribution in [0.2, 0.25) is 0 Å². The number of anilines is 1. The molecule has 1 aliphatic heterocycles. The molecule has 0 radical (unpaired) electrons. The lowest BCUT2D eigenvalue weighted by Crippen LogP contribution is -2.50. The number of carboxylic acid groups (broad SMARTS) is 1. The minimum atomic E-state index is -1.02. The zero-order valence-corrected chi connectivity index (χ0v) is 20.2. The first-order valence-corrected chi connectivity index (χ1v) is 11.8. The van der Waals surface area contributed by atoms with Crippen LogP contribution < -0.4 is 9.64 Å². The minimum Gasteiger partial charge on any atom is -0.477 e. The molecular weight excluding hydrogens is 454 g/mol. The maximum Gasteiger partial charge on any atom is 0.410 e. The standard InChI is InChI=1S/C25H27N3O5S/c1-25(2,3)33-24(31)28-15-13-27(14-16-28)23-26-20(21(34-23)22(29)30)17-9-11-19(12-10-17)32-18-7-5-4-6-8-18/h4-12H,13-16H2,1-3H3,(H,29,30). The van der Waals surface area contributed by atoms with E-state index in [1.165, 1.54) is 0 Å². The molecule has 8 nitrogen and oxygen atoms in total. The maximum absolute atomic E-state index is 12.3. The quantitative estimate of drug-likeness (QED) is 0.525. The number of benzene rings is 2. The maximum atomic E-state index is 12.3. The van der Waals surface area contributed by atoms with E-state index in [1.54, 1.807) is 17.0 Å². The number of thiazole rings is 1. The monoisotopic (exact) mass is 481 g/mol. The van der Waals surface area contributed by atoms with E-state index < -0.39 is 11.6 Å². The summed E-state index contributed by atoms with van der Waals surface area (Å²) in [6, 6.07) is 16.7. The van der Waals surface area contributed by atoms with Gasteiger partial charge in [0.15, 0.2) is 5.13 Å². The Morgan fingerprint density at radius 1 is 0.941 bits per heavy atom. The predicted octanol–water partition coefficient (Wildman–Crippen LogP) is 5.36. The van der Waals surface area contributed by atoms with Gasteiger partial charge in [0, 0.05) is 31.7 Å². The third-order valence-electron chi connectivity index (χ3n) is 5.12. The van der Waals surface area contributed by atoms with Crippen molar-refractivity contribution in [3.8, 4) is 22.8 Å². The van der Waals surface area contributed by atoms with Crippen molar-refractivity contribution in [2.45, 2.75) is 26.4 Å². The summed E-state index contributed by atoms with van der Waals surface area (Å²) in [7, 11) is 0. The van der Waals surface area contributed by atoms with E-state index in [2.05, 4.69) is 4.98 Å². The van der Waals surface area contributed by atoms with Crippen LogP contribution in [0.25, 0.3) is 11.3 Å². The topological polar surface area (TPSA) is 92.2 Å². The van der Waals surface area contributed by atoms with E-state index in [0.717, 1.165) is 17.1 Å². The number of amides is 1. The second-order valence-corrected chi connectivity index (χ2v) is 9.85. The summed E-state index contributed by atoms with van der Waals surface area (Å²) in [6.45, 7) is 7.59. The van der Waals surface area contributed by atoms with Crippen LogP contribution in [0.15, 0.2) is 54.6 Å². The molecule has 2 heterocycles. The van der Waals surface area contributed by atoms with E-state index in [9.17, 15) is 14.7 Å². The number of carbonyl (C=O) groups is 2. The number of piperazine rings is 1. The first kappa shape index (κ1) is 23.6. The minimum absolute atomic E-state index is 0.182. The van der Waals surface area contributed by atoms with Gasteiger partial charge in [-0.1, -0.05) is 29.5 Å². The zero-order valence-electron chi connectivity index (χ0n) is 19.4. The van der Waals surface area contributed by atoms with Crippen molar-refractivity contribution in [3.05, 3.63) is 59.5 Å². The Morgan fingerprint density at radius 3 is 2.15 bits per heavy atom. The van der Waals surface area contributed by atoms with Gasteiger partial charge in [0.2, 0.25) is 0 Å². The van der Waals surface area contributed by atoms with Crippen molar-refractivity contribution in [2.75, 3.05) is 31.1 Å². The van der Waals surface area contributed by atoms with Gasteiger partial charge >= 0.3 is 12.1 Å². The Morgan fingerprint density at radius 2 is 1.56 bits per heavy atom. The Bertz CT molecular complexity index is 1150. The summed E-state index contributed by atoms with van der Waals surface area (Å²) in [5.74, 6) is 0.360. The van der Waals surface area contributed by atoms with Crippen molar-refractivity contribution in [1.29, 1.82) is 0 Å². The SMILES string of the molecule is CC(C)(C)OC(=O)N1CCN(c2nc(-c3ccc(Oc4ccccc4)cc3)c(C(=O)O)s2)CC1. The first-order chi connectivity index (χ1) is 16.2. The lowest BCUT2D eigenvalue weighted by Gasteiger charge is -2.35. The Balaban J connectivity index is 1.47. The molecule has 0 bridgehead atoms. The number of hydrogen-bond donors (Lipinski definition) is 1. The number of rotatable bonds is 5. The third kappa shape index (κ3) is 5.66. The van der Waals surface area contributed by atoms with Crippen LogP contribution in [0.4, 0.5) is 9.93 Å². The molecule has 178 valence electrons. The summed E-state index contributed by atoms with van der Waals surface area (Å²) in [5.41, 5.74) is 0.581. The average molecular weight is 482 g/mol. The lowest BCUT2D eigenvalue weighted by molar-refractivity contribution is 0.0240. The first-order valence-electron chi connectivity index (χ1n) is 11.0. The van der Waals surface area contributed by atoms with Gasteiger partial charge in [-0.15, -0.1) is 0 Å². The molecule has 3 aromatic rings. The van der Waals surface area contributed by atoms with E-state index in [0.29, 0.717) is 48.3 Å². The van der Waals surface area contributed by atoms with Gasteiger partial charge < -0.3 is 24.4 Å². The molecule has 0 atom stereocenters. The number of para-hydroxylation sites is 1. The van der Waals surface area contributed by atoms with Gasteiger partial charge in [0.05, 0.1) is 5.69 Å². The fourth-order valence-electron chi connectivity index (χ4n) is 3.50. The molecule has 0 aliphatic carbocycles. The van der Waals surface area contributed by atoms with Gasteiger partial charge in [0.1, 0.15) is 22.0 Å². The number of carboxylic acids is 1. The van der Waals surface area contributed by atoms with Crippen molar-refractivity contribution >= 4 is 28.5 Å². The molecule has 1 aromatic heterocycles. The highest BCUT2D eigenvalue weighted by atomic mass is 32.1. The van der Waals surface area contributed by atoms with Gasteiger partial charge in [-0.3, -0.25) is 0 Å². The normalized spacial score (nSPS) is 14.1. The van der Waals surface area contributed by atoms with Crippen LogP contribution in [0.5, 0.6) is 11.5 Å². The van der Waals surface area contributed by atoms with E-state index in [-0.39, 0.29) is 11.0 Å². The summed E-state index contributed by atoms with van der Waals surface area (Å²) >= 11 is 1.14. The highest BCUT2D eigenvalue weighted by Crippen LogP contribution is 2.35. The summed E-state index contributed by atoms with van der Waals surface area (Å²) in [4.78, 5) is 32.8. The summed E-state index contributed by atoms with van der Waals surface area (Å²) < 4.78 is 11.3. The molecule has 4 rings (SSSR count). The summed E-state index contributed by atoms with van der Waals surface area (Å²) in [6.07, 6.45) is -0.337. The lowest BCUT2D eigenvalue weighted by atomic mass is 10.1. The molecule has 9 heteroatoms. The molecule has 1 fully saturated rings. The molecule has 1 saturated heterocycles. The highest BCUT2D eigenvalue weighted by Gasteiger charge is 2.28. The van der Waals surface area contributed by atoms with Crippen molar-refractivity contribution < 1.29 is 24.2 Å². The average Bonchev–Trinajstić information content (AvgIpc) is 3.25.